The highest BCUT2D eigenvalue weighted by Gasteiger charge is 2.14. The molecule has 0 aliphatic carbocycles. The molecule has 0 radical (unpaired) electrons. The normalized spacial score (nSPS) is 15.8. The number of hydrogen-bond acceptors (Lipinski definition) is 5. The molecule has 1 fully saturated rings. The van der Waals surface area contributed by atoms with Crippen LogP contribution in [0.5, 0.6) is 0 Å². The molecule has 1 aliphatic rings. The standard InChI is InChI=1S/C15H18N4OS/c16-14(20)11-3-1-10(2-4-11)13-9-21-15(19-13)18-12-5-7-17-8-6-12/h1-4,9,12,17H,5-8H2,(H2,16,20)(H,18,19). The van der Waals surface area contributed by atoms with Crippen molar-refractivity contribution in [3.63, 3.8) is 0 Å². The summed E-state index contributed by atoms with van der Waals surface area (Å²) in [6.45, 7) is 2.12. The number of anilines is 1. The Morgan fingerprint density at radius 3 is 2.67 bits per heavy atom. The van der Waals surface area contributed by atoms with E-state index < -0.39 is 5.91 Å². The molecule has 0 bridgehead atoms. The van der Waals surface area contributed by atoms with Crippen LogP contribution in [-0.4, -0.2) is 30.0 Å². The monoisotopic (exact) mass is 302 g/mol. The summed E-state index contributed by atoms with van der Waals surface area (Å²) in [5, 5.41) is 9.83. The molecule has 0 unspecified atom stereocenters. The quantitative estimate of drug-likeness (QED) is 0.808. The van der Waals surface area contributed by atoms with Gasteiger partial charge in [-0.3, -0.25) is 4.79 Å². The third-order valence-electron chi connectivity index (χ3n) is 3.64. The Morgan fingerprint density at radius 1 is 1.29 bits per heavy atom. The van der Waals surface area contributed by atoms with Crippen LogP contribution in [0.3, 0.4) is 0 Å². The first-order chi connectivity index (χ1) is 10.2. The van der Waals surface area contributed by atoms with Crippen LogP contribution < -0.4 is 16.4 Å². The number of hydrogen-bond donors (Lipinski definition) is 3. The van der Waals surface area contributed by atoms with Crippen molar-refractivity contribution in [1.82, 2.24) is 10.3 Å². The molecule has 0 atom stereocenters. The molecule has 2 aromatic rings. The molecule has 1 aromatic carbocycles. The molecule has 21 heavy (non-hydrogen) atoms. The highest BCUT2D eigenvalue weighted by atomic mass is 32.1. The zero-order valence-electron chi connectivity index (χ0n) is 11.6. The highest BCUT2D eigenvalue weighted by molar-refractivity contribution is 7.14. The number of nitrogens with zero attached hydrogens (tertiary/aromatic N) is 1. The van der Waals surface area contributed by atoms with Gasteiger partial charge in [-0.1, -0.05) is 12.1 Å². The lowest BCUT2D eigenvalue weighted by Gasteiger charge is -2.23. The van der Waals surface area contributed by atoms with Gasteiger partial charge in [0.25, 0.3) is 0 Å². The molecule has 0 saturated carbocycles. The number of carbonyl (C=O) groups excluding carboxylic acids is 1. The van der Waals surface area contributed by atoms with Crippen LogP contribution in [0.2, 0.25) is 0 Å². The van der Waals surface area contributed by atoms with E-state index in [0.717, 1.165) is 42.3 Å². The number of primary amides is 1. The molecular weight excluding hydrogens is 284 g/mol. The molecule has 1 saturated heterocycles. The minimum Gasteiger partial charge on any atom is -0.366 e. The van der Waals surface area contributed by atoms with E-state index in [1.54, 1.807) is 23.5 Å². The van der Waals surface area contributed by atoms with E-state index in [0.29, 0.717) is 11.6 Å². The Balaban J connectivity index is 1.70. The maximum Gasteiger partial charge on any atom is 0.248 e. The molecule has 4 N–H and O–H groups in total. The summed E-state index contributed by atoms with van der Waals surface area (Å²) in [5.74, 6) is -0.409. The topological polar surface area (TPSA) is 80.0 Å². The van der Waals surface area contributed by atoms with E-state index in [2.05, 4.69) is 15.6 Å². The number of aromatic nitrogens is 1. The zero-order valence-corrected chi connectivity index (χ0v) is 12.5. The summed E-state index contributed by atoms with van der Waals surface area (Å²) in [4.78, 5) is 15.7. The lowest BCUT2D eigenvalue weighted by Crippen LogP contribution is -2.35. The van der Waals surface area contributed by atoms with E-state index in [1.165, 1.54) is 0 Å². The second-order valence-electron chi connectivity index (χ2n) is 5.15. The molecule has 2 heterocycles. The second kappa shape index (κ2) is 6.24. The third kappa shape index (κ3) is 3.40. The van der Waals surface area contributed by atoms with Gasteiger partial charge in [0.2, 0.25) is 5.91 Å². The SMILES string of the molecule is NC(=O)c1ccc(-c2csc(NC3CCNCC3)n2)cc1. The van der Waals surface area contributed by atoms with Crippen LogP contribution in [-0.2, 0) is 0 Å². The fraction of sp³-hybridized carbons (Fsp3) is 0.333. The Bertz CT molecular complexity index is 617. The third-order valence-corrected chi connectivity index (χ3v) is 4.41. The molecule has 3 rings (SSSR count). The van der Waals surface area contributed by atoms with Gasteiger partial charge in [0.05, 0.1) is 5.69 Å². The summed E-state index contributed by atoms with van der Waals surface area (Å²) >= 11 is 1.61. The van der Waals surface area contributed by atoms with E-state index >= 15 is 0 Å². The number of carbonyl (C=O) groups is 1. The predicted molar refractivity (Wildman–Crippen MR) is 85.6 cm³/mol. The molecule has 1 amide bonds. The highest BCUT2D eigenvalue weighted by Crippen LogP contribution is 2.26. The van der Waals surface area contributed by atoms with Crippen LogP contribution >= 0.6 is 11.3 Å². The van der Waals surface area contributed by atoms with Crippen LogP contribution in [0.15, 0.2) is 29.6 Å². The van der Waals surface area contributed by atoms with Crippen LogP contribution in [0.4, 0.5) is 5.13 Å². The number of benzene rings is 1. The first-order valence-corrected chi connectivity index (χ1v) is 7.93. The summed E-state index contributed by atoms with van der Waals surface area (Å²) in [6.07, 6.45) is 2.25. The lowest BCUT2D eigenvalue weighted by atomic mass is 10.1. The fourth-order valence-corrected chi connectivity index (χ4v) is 3.22. The maximum atomic E-state index is 11.1. The van der Waals surface area contributed by atoms with Crippen molar-refractivity contribution < 1.29 is 4.79 Å². The van der Waals surface area contributed by atoms with Crippen LogP contribution in [0.25, 0.3) is 11.3 Å². The summed E-state index contributed by atoms with van der Waals surface area (Å²) in [7, 11) is 0. The van der Waals surface area contributed by atoms with E-state index in [-0.39, 0.29) is 0 Å². The van der Waals surface area contributed by atoms with Gasteiger partial charge >= 0.3 is 0 Å². The molecule has 110 valence electrons. The second-order valence-corrected chi connectivity index (χ2v) is 6.01. The van der Waals surface area contributed by atoms with Gasteiger partial charge in [-0.05, 0) is 38.1 Å². The Morgan fingerprint density at radius 2 is 2.00 bits per heavy atom. The summed E-state index contributed by atoms with van der Waals surface area (Å²) in [5.41, 5.74) is 7.68. The van der Waals surface area contributed by atoms with Gasteiger partial charge in [-0.15, -0.1) is 11.3 Å². The van der Waals surface area contributed by atoms with Crippen molar-refractivity contribution in [2.75, 3.05) is 18.4 Å². The van der Waals surface area contributed by atoms with Crippen LogP contribution in [0, 0.1) is 0 Å². The number of nitrogens with two attached hydrogens (primary N) is 1. The summed E-state index contributed by atoms with van der Waals surface area (Å²) in [6, 6.07) is 7.73. The van der Waals surface area contributed by atoms with Crippen molar-refractivity contribution in [2.45, 2.75) is 18.9 Å². The number of rotatable bonds is 4. The Labute approximate surface area is 127 Å². The Hall–Kier alpha value is -1.92. The first-order valence-electron chi connectivity index (χ1n) is 7.05. The van der Waals surface area contributed by atoms with Crippen molar-refractivity contribution in [3.8, 4) is 11.3 Å². The number of piperidine rings is 1. The molecular formula is C15H18N4OS. The van der Waals surface area contributed by atoms with Crippen molar-refractivity contribution in [2.24, 2.45) is 5.73 Å². The lowest BCUT2D eigenvalue weighted by molar-refractivity contribution is 0.100. The van der Waals surface area contributed by atoms with Gasteiger partial charge < -0.3 is 16.4 Å². The Kier molecular flexibility index (Phi) is 4.17. The smallest absolute Gasteiger partial charge is 0.248 e. The molecule has 6 heteroatoms. The predicted octanol–water partition coefficient (Wildman–Crippen LogP) is 2.07. The summed E-state index contributed by atoms with van der Waals surface area (Å²) < 4.78 is 0. The first kappa shape index (κ1) is 14.0. The minimum atomic E-state index is -0.409. The zero-order chi connectivity index (χ0) is 14.7. The number of thiazole rings is 1. The molecule has 0 spiro atoms. The van der Waals surface area contributed by atoms with Gasteiger partial charge in [0.1, 0.15) is 0 Å². The van der Waals surface area contributed by atoms with Gasteiger partial charge in [0.15, 0.2) is 5.13 Å². The maximum absolute atomic E-state index is 11.1. The molecule has 1 aliphatic heterocycles. The van der Waals surface area contributed by atoms with Crippen molar-refractivity contribution in [1.29, 1.82) is 0 Å². The van der Waals surface area contributed by atoms with Crippen molar-refractivity contribution in [3.05, 3.63) is 35.2 Å². The largest absolute Gasteiger partial charge is 0.366 e. The number of nitrogens with one attached hydrogen (secondary N) is 2. The van der Waals surface area contributed by atoms with E-state index in [9.17, 15) is 4.79 Å². The average molecular weight is 302 g/mol. The average Bonchev–Trinajstić information content (AvgIpc) is 2.97. The number of amides is 1. The van der Waals surface area contributed by atoms with E-state index in [4.69, 9.17) is 5.73 Å². The molecule has 5 nitrogen and oxygen atoms in total. The van der Waals surface area contributed by atoms with Crippen molar-refractivity contribution >= 4 is 22.4 Å². The van der Waals surface area contributed by atoms with Crippen LogP contribution in [0.1, 0.15) is 23.2 Å². The van der Waals surface area contributed by atoms with E-state index in [1.807, 2.05) is 17.5 Å². The molecule has 1 aromatic heterocycles. The minimum absolute atomic E-state index is 0.409. The fourth-order valence-electron chi connectivity index (χ4n) is 2.42. The van der Waals surface area contributed by atoms with Gasteiger partial charge in [0, 0.05) is 22.5 Å². The van der Waals surface area contributed by atoms with Gasteiger partial charge in [-0.2, -0.15) is 0 Å². The van der Waals surface area contributed by atoms with Gasteiger partial charge in [-0.25, -0.2) is 4.98 Å².